The van der Waals surface area contributed by atoms with Crippen LogP contribution in [0.3, 0.4) is 0 Å². The average Bonchev–Trinajstić information content (AvgIpc) is 2.85. The van der Waals surface area contributed by atoms with Gasteiger partial charge in [0.2, 0.25) is 0 Å². The topological polar surface area (TPSA) is 50.9 Å². The Morgan fingerprint density at radius 1 is 1.47 bits per heavy atom. The number of thiophene rings is 1. The normalized spacial score (nSPS) is 20.2. The smallest absolute Gasteiger partial charge is 0.176 e. The average molecular weight is 221 g/mol. The monoisotopic (exact) mass is 221 g/mol. The number of aliphatic hydroxyl groups is 1. The van der Waals surface area contributed by atoms with Crippen molar-refractivity contribution in [3.8, 4) is 10.7 Å². The van der Waals surface area contributed by atoms with Crippen LogP contribution in [0.1, 0.15) is 24.9 Å². The second-order valence-electron chi connectivity index (χ2n) is 3.66. The van der Waals surface area contributed by atoms with E-state index in [1.807, 2.05) is 22.1 Å². The molecule has 2 aromatic rings. The molecule has 1 atom stereocenters. The Balaban J connectivity index is 2.14. The molecular formula is C10H11N3OS. The van der Waals surface area contributed by atoms with Gasteiger partial charge in [-0.25, -0.2) is 0 Å². The molecule has 78 valence electrons. The highest BCUT2D eigenvalue weighted by Crippen LogP contribution is 2.30. The summed E-state index contributed by atoms with van der Waals surface area (Å²) in [6.45, 7) is 0. The van der Waals surface area contributed by atoms with Gasteiger partial charge in [0.25, 0.3) is 0 Å². The maximum atomic E-state index is 9.92. The lowest BCUT2D eigenvalue weighted by Crippen LogP contribution is -2.18. The molecule has 0 spiro atoms. The van der Waals surface area contributed by atoms with Crippen LogP contribution in [0.25, 0.3) is 10.7 Å². The molecule has 3 heterocycles. The maximum absolute atomic E-state index is 9.92. The maximum Gasteiger partial charge on any atom is 0.176 e. The molecule has 0 aliphatic carbocycles. The lowest BCUT2D eigenvalue weighted by molar-refractivity contribution is 0.0796. The largest absolute Gasteiger partial charge is 0.373 e. The first-order valence-electron chi connectivity index (χ1n) is 5.02. The molecule has 0 aromatic carbocycles. The molecule has 1 aliphatic rings. The Bertz CT molecular complexity index is 463. The van der Waals surface area contributed by atoms with E-state index >= 15 is 0 Å². The molecule has 2 aromatic heterocycles. The molecule has 1 unspecified atom stereocenters. The Hall–Kier alpha value is -1.20. The first-order chi connectivity index (χ1) is 7.36. The van der Waals surface area contributed by atoms with Crippen molar-refractivity contribution in [3.05, 3.63) is 23.3 Å². The highest BCUT2D eigenvalue weighted by atomic mass is 32.1. The van der Waals surface area contributed by atoms with Crippen LogP contribution in [0, 0.1) is 0 Å². The van der Waals surface area contributed by atoms with Crippen LogP contribution >= 0.6 is 11.3 Å². The van der Waals surface area contributed by atoms with Gasteiger partial charge in [-0.1, -0.05) is 6.07 Å². The summed E-state index contributed by atoms with van der Waals surface area (Å²) in [5.41, 5.74) is 0. The van der Waals surface area contributed by atoms with Gasteiger partial charge in [-0.05, 0) is 24.3 Å². The van der Waals surface area contributed by atoms with Crippen LogP contribution in [-0.2, 0) is 6.42 Å². The zero-order valence-electron chi connectivity index (χ0n) is 8.13. The molecule has 0 saturated heterocycles. The van der Waals surface area contributed by atoms with Crippen molar-refractivity contribution in [2.45, 2.75) is 25.5 Å². The number of aromatic nitrogens is 3. The fraction of sp³-hybridized carbons (Fsp3) is 0.400. The van der Waals surface area contributed by atoms with Crippen LogP contribution in [-0.4, -0.2) is 19.9 Å². The molecule has 1 N–H and O–H groups in total. The number of rotatable bonds is 1. The van der Waals surface area contributed by atoms with Crippen LogP contribution in [0.15, 0.2) is 17.5 Å². The molecule has 15 heavy (non-hydrogen) atoms. The van der Waals surface area contributed by atoms with Gasteiger partial charge in [0.05, 0.1) is 4.88 Å². The summed E-state index contributed by atoms with van der Waals surface area (Å²) in [4.78, 5) is 1.06. The van der Waals surface area contributed by atoms with E-state index in [1.54, 1.807) is 11.3 Å². The third-order valence-corrected chi connectivity index (χ3v) is 3.53. The fourth-order valence-corrected chi connectivity index (χ4v) is 2.66. The van der Waals surface area contributed by atoms with Crippen molar-refractivity contribution in [2.75, 3.05) is 0 Å². The summed E-state index contributed by atoms with van der Waals surface area (Å²) < 4.78 is 1.86. The van der Waals surface area contributed by atoms with Gasteiger partial charge in [-0.15, -0.1) is 21.5 Å². The predicted octanol–water partition coefficient (Wildman–Crippen LogP) is 1.83. The number of fused-ring (bicyclic) bond motifs is 1. The van der Waals surface area contributed by atoms with Gasteiger partial charge in [0, 0.05) is 6.42 Å². The van der Waals surface area contributed by atoms with Gasteiger partial charge < -0.3 is 5.11 Å². The third-order valence-electron chi connectivity index (χ3n) is 2.67. The molecule has 5 heteroatoms. The fourth-order valence-electron chi connectivity index (χ4n) is 1.95. The Labute approximate surface area is 91.2 Å². The van der Waals surface area contributed by atoms with Crippen LogP contribution in [0.5, 0.6) is 0 Å². The molecule has 0 radical (unpaired) electrons. The molecule has 0 fully saturated rings. The quantitative estimate of drug-likeness (QED) is 0.799. The van der Waals surface area contributed by atoms with Crippen molar-refractivity contribution in [1.29, 1.82) is 0 Å². The first-order valence-corrected chi connectivity index (χ1v) is 5.90. The molecule has 0 bridgehead atoms. The summed E-state index contributed by atoms with van der Waals surface area (Å²) in [5, 5.41) is 20.2. The van der Waals surface area contributed by atoms with E-state index in [1.165, 1.54) is 0 Å². The number of hydrogen-bond donors (Lipinski definition) is 1. The number of aliphatic hydroxyl groups excluding tert-OH is 1. The summed E-state index contributed by atoms with van der Waals surface area (Å²) in [5.74, 6) is 1.70. The van der Waals surface area contributed by atoms with Gasteiger partial charge in [-0.2, -0.15) is 0 Å². The summed E-state index contributed by atoms with van der Waals surface area (Å²) in [6, 6.07) is 3.99. The predicted molar refractivity (Wildman–Crippen MR) is 57.5 cm³/mol. The van der Waals surface area contributed by atoms with Crippen molar-refractivity contribution in [3.63, 3.8) is 0 Å². The minimum absolute atomic E-state index is 0.458. The van der Waals surface area contributed by atoms with Crippen molar-refractivity contribution in [1.82, 2.24) is 14.8 Å². The molecular weight excluding hydrogens is 210 g/mol. The van der Waals surface area contributed by atoms with Crippen LogP contribution in [0.2, 0.25) is 0 Å². The zero-order valence-corrected chi connectivity index (χ0v) is 8.94. The second kappa shape index (κ2) is 3.43. The summed E-state index contributed by atoms with van der Waals surface area (Å²) in [6.07, 6.45) is 2.24. The Morgan fingerprint density at radius 3 is 3.20 bits per heavy atom. The number of aryl methyl sites for hydroxylation is 1. The van der Waals surface area contributed by atoms with Crippen molar-refractivity contribution >= 4 is 11.3 Å². The van der Waals surface area contributed by atoms with E-state index in [0.717, 1.165) is 35.8 Å². The van der Waals surface area contributed by atoms with E-state index in [2.05, 4.69) is 10.2 Å². The SMILES string of the molecule is OC1CCCc2nnc(-c3cccs3)n21. The number of nitrogens with zero attached hydrogens (tertiary/aromatic N) is 3. The molecule has 4 nitrogen and oxygen atoms in total. The first kappa shape index (κ1) is 9.06. The van der Waals surface area contributed by atoms with E-state index < -0.39 is 6.23 Å². The van der Waals surface area contributed by atoms with Gasteiger partial charge in [-0.3, -0.25) is 4.57 Å². The van der Waals surface area contributed by atoms with E-state index in [4.69, 9.17) is 0 Å². The van der Waals surface area contributed by atoms with Crippen molar-refractivity contribution in [2.24, 2.45) is 0 Å². The lowest BCUT2D eigenvalue weighted by Gasteiger charge is -2.20. The summed E-state index contributed by atoms with van der Waals surface area (Å²) in [7, 11) is 0. The highest BCUT2D eigenvalue weighted by molar-refractivity contribution is 7.13. The second-order valence-corrected chi connectivity index (χ2v) is 4.61. The van der Waals surface area contributed by atoms with Crippen LogP contribution < -0.4 is 0 Å². The van der Waals surface area contributed by atoms with Gasteiger partial charge >= 0.3 is 0 Å². The van der Waals surface area contributed by atoms with E-state index in [0.29, 0.717) is 0 Å². The standard InChI is InChI=1S/C10H11N3OS/c14-9-5-1-4-8-11-12-10(13(8)9)7-3-2-6-15-7/h2-3,6,9,14H,1,4-5H2. The van der Waals surface area contributed by atoms with E-state index in [-0.39, 0.29) is 0 Å². The lowest BCUT2D eigenvalue weighted by atomic mass is 10.1. The van der Waals surface area contributed by atoms with Gasteiger partial charge in [0.15, 0.2) is 5.82 Å². The number of hydrogen-bond acceptors (Lipinski definition) is 4. The van der Waals surface area contributed by atoms with Crippen molar-refractivity contribution < 1.29 is 5.11 Å². The van der Waals surface area contributed by atoms with Gasteiger partial charge in [0.1, 0.15) is 12.1 Å². The van der Waals surface area contributed by atoms with Crippen LogP contribution in [0.4, 0.5) is 0 Å². The molecule has 0 saturated carbocycles. The highest BCUT2D eigenvalue weighted by Gasteiger charge is 2.23. The van der Waals surface area contributed by atoms with E-state index in [9.17, 15) is 5.11 Å². The summed E-state index contributed by atoms with van der Waals surface area (Å²) >= 11 is 1.62. The molecule has 3 rings (SSSR count). The Morgan fingerprint density at radius 2 is 2.40 bits per heavy atom. The molecule has 1 aliphatic heterocycles. The minimum Gasteiger partial charge on any atom is -0.373 e. The molecule has 0 amide bonds. The zero-order chi connectivity index (χ0) is 10.3. The third kappa shape index (κ3) is 1.39. The minimum atomic E-state index is -0.458. The Kier molecular flexibility index (Phi) is 2.07.